The molecule has 1 unspecified atom stereocenters. The lowest BCUT2D eigenvalue weighted by Gasteiger charge is -2.43. The van der Waals surface area contributed by atoms with Crippen LogP contribution in [0.5, 0.6) is 0 Å². The van der Waals surface area contributed by atoms with Gasteiger partial charge in [0.2, 0.25) is 5.91 Å². The molecule has 1 aromatic rings. The average molecular weight is 282 g/mol. The van der Waals surface area contributed by atoms with Gasteiger partial charge in [-0.05, 0) is 38.5 Å². The number of nitrogens with one attached hydrogen (secondary N) is 1. The van der Waals surface area contributed by atoms with E-state index in [1.807, 2.05) is 39.0 Å². The van der Waals surface area contributed by atoms with E-state index in [4.69, 9.17) is 17.3 Å². The van der Waals surface area contributed by atoms with Gasteiger partial charge in [0, 0.05) is 29.8 Å². The topological polar surface area (TPSA) is 58.4 Å². The molecule has 1 heterocycles. The molecule has 1 aliphatic rings. The number of benzene rings is 1. The van der Waals surface area contributed by atoms with E-state index in [1.54, 1.807) is 0 Å². The number of rotatable bonds is 2. The fraction of sp³-hybridized carbons (Fsp3) is 0.500. The highest BCUT2D eigenvalue weighted by atomic mass is 35.5. The molecule has 1 fully saturated rings. The molecule has 5 heteroatoms. The van der Waals surface area contributed by atoms with Gasteiger partial charge in [-0.25, -0.2) is 0 Å². The largest absolute Gasteiger partial charge is 0.356 e. The quantitative estimate of drug-likeness (QED) is 0.873. The lowest BCUT2D eigenvalue weighted by molar-refractivity contribution is -0.126. The van der Waals surface area contributed by atoms with Crippen LogP contribution in [-0.4, -0.2) is 24.5 Å². The zero-order valence-corrected chi connectivity index (χ0v) is 12.3. The van der Waals surface area contributed by atoms with Crippen molar-refractivity contribution in [3.05, 3.63) is 28.8 Å². The Labute approximate surface area is 118 Å². The summed E-state index contributed by atoms with van der Waals surface area (Å²) in [6, 6.07) is 5.70. The van der Waals surface area contributed by atoms with E-state index in [2.05, 4.69) is 10.2 Å². The highest BCUT2D eigenvalue weighted by Gasteiger charge is 2.37. The molecule has 0 spiro atoms. The van der Waals surface area contributed by atoms with Crippen molar-refractivity contribution in [2.24, 2.45) is 5.73 Å². The summed E-state index contributed by atoms with van der Waals surface area (Å²) in [6.07, 6.45) is 0. The van der Waals surface area contributed by atoms with Gasteiger partial charge in [-0.1, -0.05) is 17.7 Å². The molecule has 2 rings (SSSR count). The number of nitrogens with zero attached hydrogens (tertiary/aromatic N) is 1. The van der Waals surface area contributed by atoms with Crippen molar-refractivity contribution in [1.29, 1.82) is 0 Å². The first-order valence-corrected chi connectivity index (χ1v) is 6.83. The van der Waals surface area contributed by atoms with Crippen LogP contribution in [0, 0.1) is 0 Å². The monoisotopic (exact) mass is 281 g/mol. The molecule has 1 saturated heterocycles. The molecule has 1 amide bonds. The third-order valence-electron chi connectivity index (χ3n) is 3.64. The Kier molecular flexibility index (Phi) is 3.74. The molecule has 19 heavy (non-hydrogen) atoms. The summed E-state index contributed by atoms with van der Waals surface area (Å²) in [5.41, 5.74) is 7.16. The third kappa shape index (κ3) is 2.55. The minimum absolute atomic E-state index is 0.0335. The molecule has 0 aromatic heterocycles. The van der Waals surface area contributed by atoms with Gasteiger partial charge in [0.25, 0.3) is 0 Å². The van der Waals surface area contributed by atoms with Gasteiger partial charge < -0.3 is 16.0 Å². The fourth-order valence-electron chi connectivity index (χ4n) is 2.40. The summed E-state index contributed by atoms with van der Waals surface area (Å²) < 4.78 is 0. The Morgan fingerprint density at radius 1 is 1.47 bits per heavy atom. The predicted octanol–water partition coefficient (Wildman–Crippen LogP) is 2.07. The molecule has 1 atom stereocenters. The Balaban J connectivity index is 2.36. The van der Waals surface area contributed by atoms with Gasteiger partial charge in [0.05, 0.1) is 0 Å². The molecule has 0 aliphatic carbocycles. The number of carbonyl (C=O) groups excluding carboxylic acids is 1. The van der Waals surface area contributed by atoms with Gasteiger partial charge in [-0.2, -0.15) is 0 Å². The van der Waals surface area contributed by atoms with Gasteiger partial charge in [0.1, 0.15) is 5.54 Å². The number of nitrogens with two attached hydrogens (primary N) is 1. The van der Waals surface area contributed by atoms with Crippen molar-refractivity contribution in [1.82, 2.24) is 5.32 Å². The van der Waals surface area contributed by atoms with E-state index in [-0.39, 0.29) is 11.9 Å². The fourth-order valence-corrected chi connectivity index (χ4v) is 2.75. The maximum atomic E-state index is 12.0. The normalized spacial score (nSPS) is 20.1. The second-order valence-electron chi connectivity index (χ2n) is 5.46. The van der Waals surface area contributed by atoms with Crippen LogP contribution in [0.4, 0.5) is 5.69 Å². The highest BCUT2D eigenvalue weighted by Crippen LogP contribution is 2.31. The second-order valence-corrected chi connectivity index (χ2v) is 5.87. The van der Waals surface area contributed by atoms with Gasteiger partial charge >= 0.3 is 0 Å². The van der Waals surface area contributed by atoms with Crippen LogP contribution in [0.1, 0.15) is 32.4 Å². The maximum Gasteiger partial charge on any atom is 0.245 e. The Bertz CT molecular complexity index is 499. The van der Waals surface area contributed by atoms with Crippen LogP contribution in [-0.2, 0) is 4.79 Å². The van der Waals surface area contributed by atoms with Crippen molar-refractivity contribution in [2.45, 2.75) is 32.4 Å². The zero-order chi connectivity index (χ0) is 14.2. The van der Waals surface area contributed by atoms with Gasteiger partial charge in [0.15, 0.2) is 0 Å². The summed E-state index contributed by atoms with van der Waals surface area (Å²) in [7, 11) is 0. The smallest absolute Gasteiger partial charge is 0.245 e. The van der Waals surface area contributed by atoms with Gasteiger partial charge in [-0.3, -0.25) is 4.79 Å². The Morgan fingerprint density at radius 2 is 2.16 bits per heavy atom. The molecule has 0 saturated carbocycles. The van der Waals surface area contributed by atoms with Crippen LogP contribution in [0.2, 0.25) is 5.02 Å². The van der Waals surface area contributed by atoms with E-state index in [9.17, 15) is 4.79 Å². The van der Waals surface area contributed by atoms with Crippen LogP contribution < -0.4 is 16.0 Å². The number of halogens is 1. The van der Waals surface area contributed by atoms with E-state index in [0.717, 1.165) is 17.8 Å². The summed E-state index contributed by atoms with van der Waals surface area (Å²) >= 11 is 6.27. The molecule has 3 N–H and O–H groups in total. The van der Waals surface area contributed by atoms with E-state index in [1.165, 1.54) is 0 Å². The predicted molar refractivity (Wildman–Crippen MR) is 78.5 cm³/mol. The highest BCUT2D eigenvalue weighted by molar-refractivity contribution is 6.31. The average Bonchev–Trinajstić information content (AvgIpc) is 2.32. The van der Waals surface area contributed by atoms with Crippen molar-refractivity contribution in [2.75, 3.05) is 18.0 Å². The number of hydrogen-bond donors (Lipinski definition) is 2. The summed E-state index contributed by atoms with van der Waals surface area (Å²) in [6.45, 7) is 7.14. The number of carbonyl (C=O) groups is 1. The summed E-state index contributed by atoms with van der Waals surface area (Å²) in [5.74, 6) is 0.0335. The molecule has 0 bridgehead atoms. The lowest BCUT2D eigenvalue weighted by Crippen LogP contribution is -2.62. The second kappa shape index (κ2) is 5.02. The molecule has 0 radical (unpaired) electrons. The van der Waals surface area contributed by atoms with E-state index < -0.39 is 5.54 Å². The first kappa shape index (κ1) is 14.2. The Morgan fingerprint density at radius 3 is 2.74 bits per heavy atom. The minimum atomic E-state index is -0.572. The first-order chi connectivity index (χ1) is 8.84. The molecule has 1 aromatic carbocycles. The standard InChI is InChI=1S/C14H20ClN3O/c1-9(16)11-5-4-10(8-12(11)15)18-7-6-17-13(19)14(18,2)3/h4-5,8-9H,6-7,16H2,1-3H3,(H,17,19). The molecule has 1 aliphatic heterocycles. The minimum Gasteiger partial charge on any atom is -0.356 e. The SMILES string of the molecule is CC(N)c1ccc(N2CCNC(=O)C2(C)C)cc1Cl. The molecular formula is C14H20ClN3O. The molecule has 104 valence electrons. The third-order valence-corrected chi connectivity index (χ3v) is 3.97. The lowest BCUT2D eigenvalue weighted by atomic mass is 9.97. The van der Waals surface area contributed by atoms with Crippen LogP contribution in [0.15, 0.2) is 18.2 Å². The van der Waals surface area contributed by atoms with Gasteiger partial charge in [-0.15, -0.1) is 0 Å². The number of hydrogen-bond acceptors (Lipinski definition) is 3. The number of amides is 1. The molecule has 4 nitrogen and oxygen atoms in total. The maximum absolute atomic E-state index is 12.0. The number of piperazine rings is 1. The van der Waals surface area contributed by atoms with E-state index >= 15 is 0 Å². The van der Waals surface area contributed by atoms with Crippen LogP contribution in [0.3, 0.4) is 0 Å². The molecular weight excluding hydrogens is 262 g/mol. The Hall–Kier alpha value is -1.26. The zero-order valence-electron chi connectivity index (χ0n) is 11.5. The van der Waals surface area contributed by atoms with Crippen molar-refractivity contribution >= 4 is 23.2 Å². The van der Waals surface area contributed by atoms with Crippen molar-refractivity contribution in [3.8, 4) is 0 Å². The number of anilines is 1. The van der Waals surface area contributed by atoms with Crippen molar-refractivity contribution < 1.29 is 4.79 Å². The summed E-state index contributed by atoms with van der Waals surface area (Å²) in [4.78, 5) is 14.0. The van der Waals surface area contributed by atoms with E-state index in [0.29, 0.717) is 11.6 Å². The first-order valence-electron chi connectivity index (χ1n) is 6.45. The van der Waals surface area contributed by atoms with Crippen LogP contribution >= 0.6 is 11.6 Å². The summed E-state index contributed by atoms with van der Waals surface area (Å²) in [5, 5.41) is 3.53. The van der Waals surface area contributed by atoms with Crippen LogP contribution in [0.25, 0.3) is 0 Å². The van der Waals surface area contributed by atoms with Crippen molar-refractivity contribution in [3.63, 3.8) is 0 Å².